The average molecular weight is 346 g/mol. The second-order valence-corrected chi connectivity index (χ2v) is 6.45. The van der Waals surface area contributed by atoms with Gasteiger partial charge in [-0.2, -0.15) is 0 Å². The number of hydrogen-bond acceptors (Lipinski definition) is 3. The quantitative estimate of drug-likeness (QED) is 0.696. The summed E-state index contributed by atoms with van der Waals surface area (Å²) in [4.78, 5) is 5.55. The van der Waals surface area contributed by atoms with Crippen LogP contribution in [0.1, 0.15) is 5.56 Å². The van der Waals surface area contributed by atoms with Gasteiger partial charge >= 0.3 is 0 Å². The number of hydrogen-bond donors (Lipinski definition) is 1. The molecule has 0 saturated heterocycles. The summed E-state index contributed by atoms with van der Waals surface area (Å²) in [6.45, 7) is 2.04. The Morgan fingerprint density at radius 3 is 2.60 bits per heavy atom. The lowest BCUT2D eigenvalue weighted by atomic mass is 10.1. The first kappa shape index (κ1) is 13.5. The van der Waals surface area contributed by atoms with Gasteiger partial charge < -0.3 is 5.11 Å². The zero-order valence-electron chi connectivity index (χ0n) is 10.8. The van der Waals surface area contributed by atoms with E-state index in [0.29, 0.717) is 5.75 Å². The molecule has 3 rings (SSSR count). The fraction of sp³-hybridized carbons (Fsp3) is 0.0625. The molecule has 2 nitrogen and oxygen atoms in total. The van der Waals surface area contributed by atoms with Crippen LogP contribution >= 0.6 is 27.7 Å². The first-order valence-corrected chi connectivity index (χ1v) is 7.77. The summed E-state index contributed by atoms with van der Waals surface area (Å²) in [5.41, 5.74) is 1.13. The van der Waals surface area contributed by atoms with Crippen LogP contribution in [0.25, 0.3) is 10.8 Å². The highest BCUT2D eigenvalue weighted by Crippen LogP contribution is 2.37. The van der Waals surface area contributed by atoms with Gasteiger partial charge in [-0.25, -0.2) is 4.98 Å². The number of aromatic hydroxyl groups is 1. The minimum atomic E-state index is 0.311. The van der Waals surface area contributed by atoms with Crippen molar-refractivity contribution in [2.24, 2.45) is 0 Å². The van der Waals surface area contributed by atoms with Crippen molar-refractivity contribution in [3.8, 4) is 5.75 Å². The highest BCUT2D eigenvalue weighted by Gasteiger charge is 2.09. The topological polar surface area (TPSA) is 33.1 Å². The first-order valence-electron chi connectivity index (χ1n) is 6.16. The van der Waals surface area contributed by atoms with Gasteiger partial charge in [0.15, 0.2) is 0 Å². The zero-order valence-corrected chi connectivity index (χ0v) is 13.2. The third-order valence-corrected chi connectivity index (χ3v) is 4.69. The van der Waals surface area contributed by atoms with Crippen LogP contribution < -0.4 is 0 Å². The maximum absolute atomic E-state index is 9.92. The van der Waals surface area contributed by atoms with E-state index in [1.165, 1.54) is 0 Å². The predicted octanol–water partition coefficient (Wildman–Crippen LogP) is 5.16. The Kier molecular flexibility index (Phi) is 3.68. The minimum absolute atomic E-state index is 0.311. The molecular weight excluding hydrogens is 334 g/mol. The number of pyridine rings is 1. The van der Waals surface area contributed by atoms with E-state index >= 15 is 0 Å². The third-order valence-electron chi connectivity index (χ3n) is 3.06. The number of fused-ring (bicyclic) bond motifs is 1. The molecule has 1 heterocycles. The molecule has 0 aliphatic carbocycles. The SMILES string of the molecule is Cc1cc(Br)cnc1Sc1ccc(O)c2ccccc12. The molecule has 0 amide bonds. The lowest BCUT2D eigenvalue weighted by Crippen LogP contribution is -1.86. The summed E-state index contributed by atoms with van der Waals surface area (Å²) in [6.07, 6.45) is 1.80. The highest BCUT2D eigenvalue weighted by atomic mass is 79.9. The van der Waals surface area contributed by atoms with Crippen molar-refractivity contribution >= 4 is 38.5 Å². The zero-order chi connectivity index (χ0) is 14.1. The summed E-state index contributed by atoms with van der Waals surface area (Å²) in [6, 6.07) is 13.6. The third kappa shape index (κ3) is 2.53. The molecule has 0 fully saturated rings. The van der Waals surface area contributed by atoms with Crippen LogP contribution in [-0.2, 0) is 0 Å². The van der Waals surface area contributed by atoms with E-state index in [9.17, 15) is 5.11 Å². The molecule has 0 aliphatic rings. The van der Waals surface area contributed by atoms with E-state index < -0.39 is 0 Å². The maximum atomic E-state index is 9.92. The average Bonchev–Trinajstić information content (AvgIpc) is 2.45. The molecule has 1 N–H and O–H groups in total. The Morgan fingerprint density at radius 2 is 1.85 bits per heavy atom. The van der Waals surface area contributed by atoms with Crippen LogP contribution in [0.3, 0.4) is 0 Å². The molecule has 0 saturated carbocycles. The number of phenols is 1. The molecule has 3 aromatic rings. The van der Waals surface area contributed by atoms with Gasteiger partial charge in [-0.1, -0.05) is 36.0 Å². The van der Waals surface area contributed by atoms with E-state index in [2.05, 4.69) is 27.0 Å². The van der Waals surface area contributed by atoms with Crippen molar-refractivity contribution in [1.29, 1.82) is 0 Å². The standard InChI is InChI=1S/C16H12BrNOS/c1-10-8-11(17)9-18-16(10)20-15-7-6-14(19)12-4-2-3-5-13(12)15/h2-9,19H,1H3. The number of nitrogens with zero attached hydrogens (tertiary/aromatic N) is 1. The number of aromatic nitrogens is 1. The lowest BCUT2D eigenvalue weighted by Gasteiger charge is -2.09. The van der Waals surface area contributed by atoms with Gasteiger partial charge in [0.05, 0.1) is 0 Å². The normalized spacial score (nSPS) is 10.9. The second kappa shape index (κ2) is 5.46. The Hall–Kier alpha value is -1.52. The largest absolute Gasteiger partial charge is 0.507 e. The van der Waals surface area contributed by atoms with Gasteiger partial charge in [0.25, 0.3) is 0 Å². The highest BCUT2D eigenvalue weighted by molar-refractivity contribution is 9.10. The molecular formula is C16H12BrNOS. The van der Waals surface area contributed by atoms with Crippen LogP contribution in [0.4, 0.5) is 0 Å². The number of rotatable bonds is 2. The Labute approximate surface area is 130 Å². The molecule has 0 bridgehead atoms. The van der Waals surface area contributed by atoms with E-state index in [-0.39, 0.29) is 0 Å². The fourth-order valence-electron chi connectivity index (χ4n) is 2.08. The lowest BCUT2D eigenvalue weighted by molar-refractivity contribution is 0.481. The van der Waals surface area contributed by atoms with Crippen LogP contribution in [0.5, 0.6) is 5.75 Å². The van der Waals surface area contributed by atoms with E-state index in [1.807, 2.05) is 37.3 Å². The van der Waals surface area contributed by atoms with Crippen molar-refractivity contribution in [3.05, 3.63) is 58.7 Å². The Morgan fingerprint density at radius 1 is 1.10 bits per heavy atom. The molecule has 20 heavy (non-hydrogen) atoms. The predicted molar refractivity (Wildman–Crippen MR) is 86.4 cm³/mol. The second-order valence-electron chi connectivity index (χ2n) is 4.51. The van der Waals surface area contributed by atoms with Gasteiger partial charge in [-0.05, 0) is 52.0 Å². The molecule has 1 aromatic heterocycles. The first-order chi connectivity index (χ1) is 9.65. The van der Waals surface area contributed by atoms with Crippen LogP contribution in [0.2, 0.25) is 0 Å². The summed E-state index contributed by atoms with van der Waals surface area (Å²) >= 11 is 5.04. The van der Waals surface area contributed by atoms with Gasteiger partial charge in [0.1, 0.15) is 10.8 Å². The van der Waals surface area contributed by atoms with Gasteiger partial charge in [0.2, 0.25) is 0 Å². The summed E-state index contributed by atoms with van der Waals surface area (Å²) < 4.78 is 0.981. The summed E-state index contributed by atoms with van der Waals surface area (Å²) in [7, 11) is 0. The van der Waals surface area contributed by atoms with Crippen molar-refractivity contribution in [2.45, 2.75) is 16.8 Å². The molecule has 100 valence electrons. The number of halogens is 1. The minimum Gasteiger partial charge on any atom is -0.507 e. The molecule has 0 atom stereocenters. The maximum Gasteiger partial charge on any atom is 0.123 e. The number of phenolic OH excluding ortho intramolecular Hbond substituents is 1. The summed E-state index contributed by atoms with van der Waals surface area (Å²) in [5, 5.41) is 12.8. The van der Waals surface area contributed by atoms with E-state index in [1.54, 1.807) is 24.0 Å². The molecule has 0 unspecified atom stereocenters. The summed E-state index contributed by atoms with van der Waals surface area (Å²) in [5.74, 6) is 0.311. The molecule has 2 aromatic carbocycles. The van der Waals surface area contributed by atoms with E-state index in [4.69, 9.17) is 0 Å². The van der Waals surface area contributed by atoms with Crippen LogP contribution in [0, 0.1) is 6.92 Å². The van der Waals surface area contributed by atoms with E-state index in [0.717, 1.165) is 30.7 Å². The van der Waals surface area contributed by atoms with Crippen molar-refractivity contribution in [1.82, 2.24) is 4.98 Å². The van der Waals surface area contributed by atoms with Crippen molar-refractivity contribution < 1.29 is 5.11 Å². The van der Waals surface area contributed by atoms with Gasteiger partial charge in [-0.3, -0.25) is 0 Å². The smallest absolute Gasteiger partial charge is 0.123 e. The number of aryl methyl sites for hydroxylation is 1. The van der Waals surface area contributed by atoms with Crippen LogP contribution in [0.15, 0.2) is 63.1 Å². The molecule has 0 spiro atoms. The molecule has 0 aliphatic heterocycles. The Balaban J connectivity index is 2.09. The number of benzene rings is 2. The Bertz CT molecular complexity index is 789. The van der Waals surface area contributed by atoms with Crippen molar-refractivity contribution in [3.63, 3.8) is 0 Å². The van der Waals surface area contributed by atoms with Crippen molar-refractivity contribution in [2.75, 3.05) is 0 Å². The van der Waals surface area contributed by atoms with Gasteiger partial charge in [0, 0.05) is 21.0 Å². The van der Waals surface area contributed by atoms with Crippen LogP contribution in [-0.4, -0.2) is 10.1 Å². The monoisotopic (exact) mass is 345 g/mol. The van der Waals surface area contributed by atoms with Gasteiger partial charge in [-0.15, -0.1) is 0 Å². The molecule has 4 heteroatoms. The fourth-order valence-corrected chi connectivity index (χ4v) is 3.49. The molecule has 0 radical (unpaired) electrons.